The van der Waals surface area contributed by atoms with Gasteiger partial charge in [-0.2, -0.15) is 4.98 Å². The minimum atomic E-state index is -0.334. The molecule has 0 unspecified atom stereocenters. The van der Waals surface area contributed by atoms with Gasteiger partial charge in [0.1, 0.15) is 11.3 Å². The molecule has 0 fully saturated rings. The van der Waals surface area contributed by atoms with Crippen molar-refractivity contribution in [1.82, 2.24) is 25.3 Å². The number of urea groups is 1. The fourth-order valence-corrected chi connectivity index (χ4v) is 2.51. The lowest BCUT2D eigenvalue weighted by Gasteiger charge is -2.10. The Morgan fingerprint density at radius 3 is 2.75 bits per heavy atom. The van der Waals surface area contributed by atoms with Crippen LogP contribution in [0.2, 0.25) is 0 Å². The van der Waals surface area contributed by atoms with Gasteiger partial charge >= 0.3 is 6.03 Å². The van der Waals surface area contributed by atoms with Gasteiger partial charge in [0.15, 0.2) is 11.5 Å². The molecule has 0 radical (unpaired) electrons. The van der Waals surface area contributed by atoms with E-state index in [0.29, 0.717) is 46.4 Å². The maximum atomic E-state index is 13.4. The zero-order valence-electron chi connectivity index (χ0n) is 16.0. The molecule has 2 amide bonds. The highest BCUT2D eigenvalue weighted by molar-refractivity contribution is 5.89. The van der Waals surface area contributed by atoms with E-state index >= 15 is 0 Å². The molecule has 0 atom stereocenters. The number of rotatable bonds is 6. The Morgan fingerprint density at radius 1 is 1.18 bits per heavy atom. The predicted octanol–water partition coefficient (Wildman–Crippen LogP) is 3.84. The van der Waals surface area contributed by atoms with Crippen LogP contribution in [0.1, 0.15) is 31.0 Å². The van der Waals surface area contributed by atoms with Crippen LogP contribution in [0.5, 0.6) is 0 Å². The number of carbonyl (C=O) groups is 1. The molecule has 2 heterocycles. The normalized spacial score (nSPS) is 10.7. The summed E-state index contributed by atoms with van der Waals surface area (Å²) in [4.78, 5) is 29.3. The number of nitrogens with one attached hydrogen (secondary N) is 3. The lowest BCUT2D eigenvalue weighted by Crippen LogP contribution is -2.30. The molecule has 3 rings (SSSR count). The molecule has 0 aliphatic rings. The Balaban J connectivity index is 1.81. The van der Waals surface area contributed by atoms with Crippen molar-refractivity contribution in [3.8, 4) is 0 Å². The topological polar surface area (TPSA) is 105 Å². The molecule has 8 nitrogen and oxygen atoms in total. The monoisotopic (exact) mass is 383 g/mol. The van der Waals surface area contributed by atoms with E-state index in [2.05, 4.69) is 42.8 Å². The minimum Gasteiger partial charge on any atom is -0.338 e. The van der Waals surface area contributed by atoms with E-state index in [0.717, 1.165) is 12.8 Å². The van der Waals surface area contributed by atoms with Crippen molar-refractivity contribution in [2.75, 3.05) is 17.2 Å². The third-order valence-electron chi connectivity index (χ3n) is 4.06. The molecule has 0 spiro atoms. The minimum absolute atomic E-state index is 0.278. The molecule has 9 heteroatoms. The largest absolute Gasteiger partial charge is 0.338 e. The summed E-state index contributed by atoms with van der Waals surface area (Å²) in [6.45, 7) is 6.08. The van der Waals surface area contributed by atoms with Gasteiger partial charge in [-0.25, -0.2) is 24.1 Å². The first kappa shape index (κ1) is 19.4. The number of carbonyl (C=O) groups excluding carboxylic acids is 1. The van der Waals surface area contributed by atoms with Crippen molar-refractivity contribution in [1.29, 1.82) is 0 Å². The van der Waals surface area contributed by atoms with Crippen LogP contribution in [0.3, 0.4) is 0 Å². The standard InChI is InChI=1S/C19H22FN7O/c1-4-5-8-21-19(28)27-16-12(3)23-15-10-22-18(26-17(15)25-16)24-13-6-7-14(20)11(2)9-13/h6-7,9-10H,4-5,8H2,1-3H3,(H3,21,22,24,25,26,27,28). The van der Waals surface area contributed by atoms with Gasteiger partial charge in [0.05, 0.1) is 11.9 Å². The highest BCUT2D eigenvalue weighted by atomic mass is 19.1. The summed E-state index contributed by atoms with van der Waals surface area (Å²) in [5.74, 6) is 0.359. The zero-order valence-corrected chi connectivity index (χ0v) is 16.0. The van der Waals surface area contributed by atoms with Crippen LogP contribution in [0.4, 0.5) is 26.6 Å². The van der Waals surface area contributed by atoms with Crippen LogP contribution in [0.15, 0.2) is 24.4 Å². The molecule has 0 aliphatic heterocycles. The number of aromatic nitrogens is 4. The SMILES string of the molecule is CCCCNC(=O)Nc1nc2nc(Nc3ccc(F)c(C)c3)ncc2nc1C. The van der Waals surface area contributed by atoms with E-state index in [4.69, 9.17) is 0 Å². The van der Waals surface area contributed by atoms with Gasteiger partial charge in [0.25, 0.3) is 0 Å². The molecule has 146 valence electrons. The number of amides is 2. The van der Waals surface area contributed by atoms with Crippen molar-refractivity contribution in [3.63, 3.8) is 0 Å². The van der Waals surface area contributed by atoms with E-state index in [1.165, 1.54) is 6.07 Å². The Labute approximate surface area is 162 Å². The molecule has 3 N–H and O–H groups in total. The highest BCUT2D eigenvalue weighted by Crippen LogP contribution is 2.19. The number of fused-ring (bicyclic) bond motifs is 1. The summed E-state index contributed by atoms with van der Waals surface area (Å²) in [5.41, 5.74) is 2.59. The quantitative estimate of drug-likeness (QED) is 0.559. The molecule has 0 aliphatic carbocycles. The molecule has 3 aromatic rings. The van der Waals surface area contributed by atoms with E-state index in [9.17, 15) is 9.18 Å². The average molecular weight is 383 g/mol. The number of halogens is 1. The fraction of sp³-hybridized carbons (Fsp3) is 0.316. The fourth-order valence-electron chi connectivity index (χ4n) is 2.51. The van der Waals surface area contributed by atoms with Crippen molar-refractivity contribution >= 4 is 34.6 Å². The van der Waals surface area contributed by atoms with Crippen molar-refractivity contribution in [2.24, 2.45) is 0 Å². The van der Waals surface area contributed by atoms with Crippen molar-refractivity contribution in [2.45, 2.75) is 33.6 Å². The van der Waals surface area contributed by atoms with Gasteiger partial charge in [-0.05, 0) is 44.0 Å². The predicted molar refractivity (Wildman–Crippen MR) is 106 cm³/mol. The molecule has 0 saturated heterocycles. The van der Waals surface area contributed by atoms with Gasteiger partial charge in [-0.15, -0.1) is 0 Å². The van der Waals surface area contributed by atoms with Crippen molar-refractivity contribution < 1.29 is 9.18 Å². The molecule has 0 saturated carbocycles. The van der Waals surface area contributed by atoms with Crippen LogP contribution in [-0.4, -0.2) is 32.5 Å². The lowest BCUT2D eigenvalue weighted by molar-refractivity contribution is 0.252. The van der Waals surface area contributed by atoms with E-state index in [1.807, 2.05) is 0 Å². The Morgan fingerprint density at radius 2 is 2.00 bits per heavy atom. The summed E-state index contributed by atoms with van der Waals surface area (Å²) in [6, 6.07) is 4.31. The Bertz CT molecular complexity index is 1010. The van der Waals surface area contributed by atoms with E-state index < -0.39 is 0 Å². The van der Waals surface area contributed by atoms with E-state index in [1.54, 1.807) is 32.2 Å². The summed E-state index contributed by atoms with van der Waals surface area (Å²) in [6.07, 6.45) is 3.45. The second-order valence-corrected chi connectivity index (χ2v) is 6.38. The van der Waals surface area contributed by atoms with Gasteiger partial charge < -0.3 is 10.6 Å². The number of hydrogen-bond donors (Lipinski definition) is 3. The van der Waals surface area contributed by atoms with Crippen LogP contribution >= 0.6 is 0 Å². The molecule has 0 bridgehead atoms. The first-order chi connectivity index (χ1) is 13.5. The Kier molecular flexibility index (Phi) is 5.93. The first-order valence-electron chi connectivity index (χ1n) is 9.05. The van der Waals surface area contributed by atoms with Crippen LogP contribution in [-0.2, 0) is 0 Å². The molecule has 2 aromatic heterocycles. The molecule has 1 aromatic carbocycles. The number of unbranched alkanes of at least 4 members (excludes halogenated alkanes) is 1. The van der Waals surface area contributed by atoms with Gasteiger partial charge in [-0.1, -0.05) is 13.3 Å². The molecular weight excluding hydrogens is 361 g/mol. The first-order valence-corrected chi connectivity index (χ1v) is 9.05. The summed E-state index contributed by atoms with van der Waals surface area (Å²) in [5, 5.41) is 8.48. The number of hydrogen-bond acceptors (Lipinski definition) is 6. The third-order valence-corrected chi connectivity index (χ3v) is 4.06. The number of benzene rings is 1. The highest BCUT2D eigenvalue weighted by Gasteiger charge is 2.11. The van der Waals surface area contributed by atoms with E-state index in [-0.39, 0.29) is 11.8 Å². The second-order valence-electron chi connectivity index (χ2n) is 6.38. The smallest absolute Gasteiger partial charge is 0.320 e. The van der Waals surface area contributed by atoms with Crippen LogP contribution in [0.25, 0.3) is 11.2 Å². The molecule has 28 heavy (non-hydrogen) atoms. The maximum Gasteiger partial charge on any atom is 0.320 e. The number of nitrogens with zero attached hydrogens (tertiary/aromatic N) is 4. The number of anilines is 3. The van der Waals surface area contributed by atoms with Crippen molar-refractivity contribution in [3.05, 3.63) is 41.5 Å². The van der Waals surface area contributed by atoms with Gasteiger partial charge in [0.2, 0.25) is 5.95 Å². The van der Waals surface area contributed by atoms with Gasteiger partial charge in [-0.3, -0.25) is 5.32 Å². The summed E-state index contributed by atoms with van der Waals surface area (Å²) >= 11 is 0. The lowest BCUT2D eigenvalue weighted by atomic mass is 10.2. The maximum absolute atomic E-state index is 13.4. The van der Waals surface area contributed by atoms with Gasteiger partial charge in [0, 0.05) is 12.2 Å². The average Bonchev–Trinajstić information content (AvgIpc) is 2.66. The van der Waals surface area contributed by atoms with Crippen LogP contribution < -0.4 is 16.0 Å². The zero-order chi connectivity index (χ0) is 20.1. The summed E-state index contributed by atoms with van der Waals surface area (Å²) in [7, 11) is 0. The van der Waals surface area contributed by atoms with Crippen LogP contribution in [0, 0.1) is 19.7 Å². The third kappa shape index (κ3) is 4.67. The molecular formula is C19H22FN7O. The summed E-state index contributed by atoms with van der Waals surface area (Å²) < 4.78 is 13.4. The second kappa shape index (κ2) is 8.55. The Hall–Kier alpha value is -3.36. The number of aryl methyl sites for hydroxylation is 2.